The molecule has 1 heterocycles. The van der Waals surface area contributed by atoms with Gasteiger partial charge >= 0.3 is 0 Å². The Balaban J connectivity index is 1.57. The highest BCUT2D eigenvalue weighted by atomic mass is 19.1. The Bertz CT molecular complexity index is 834. The highest BCUT2D eigenvalue weighted by molar-refractivity contribution is 6.01. The van der Waals surface area contributed by atoms with Crippen molar-refractivity contribution in [1.29, 1.82) is 0 Å². The average molecular weight is 355 g/mol. The van der Waals surface area contributed by atoms with Crippen LogP contribution in [-0.2, 0) is 9.59 Å². The Morgan fingerprint density at radius 1 is 1.04 bits per heavy atom. The van der Waals surface area contributed by atoms with Crippen molar-refractivity contribution < 1.29 is 18.8 Å². The van der Waals surface area contributed by atoms with Crippen molar-refractivity contribution in [3.63, 3.8) is 0 Å². The van der Waals surface area contributed by atoms with E-state index in [0.717, 1.165) is 5.56 Å². The minimum Gasteiger partial charge on any atom is -0.312 e. The van der Waals surface area contributed by atoms with Crippen LogP contribution in [0.15, 0.2) is 48.5 Å². The quantitative estimate of drug-likeness (QED) is 0.826. The third-order valence-electron chi connectivity index (χ3n) is 4.25. The largest absolute Gasteiger partial charge is 0.312 e. The van der Waals surface area contributed by atoms with Gasteiger partial charge in [0.1, 0.15) is 5.82 Å². The average Bonchev–Trinajstić information content (AvgIpc) is 3.02. The molecular weight excluding hydrogens is 337 g/mol. The zero-order valence-corrected chi connectivity index (χ0v) is 14.2. The van der Waals surface area contributed by atoms with Gasteiger partial charge in [0.25, 0.3) is 5.91 Å². The highest BCUT2D eigenvalue weighted by Gasteiger charge is 2.35. The predicted octanol–water partition coefficient (Wildman–Crippen LogP) is 1.95. The third kappa shape index (κ3) is 3.88. The summed E-state index contributed by atoms with van der Waals surface area (Å²) >= 11 is 0. The van der Waals surface area contributed by atoms with Crippen molar-refractivity contribution in [3.8, 4) is 0 Å². The zero-order valence-electron chi connectivity index (χ0n) is 14.2. The molecule has 2 N–H and O–H groups in total. The van der Waals surface area contributed by atoms with Gasteiger partial charge in [0.2, 0.25) is 11.8 Å². The summed E-state index contributed by atoms with van der Waals surface area (Å²) in [5, 5.41) is 0. The van der Waals surface area contributed by atoms with Gasteiger partial charge in [-0.05, 0) is 43.3 Å². The van der Waals surface area contributed by atoms with Gasteiger partial charge < -0.3 is 4.90 Å². The van der Waals surface area contributed by atoms with Crippen LogP contribution in [0.2, 0.25) is 0 Å². The van der Waals surface area contributed by atoms with E-state index in [4.69, 9.17) is 0 Å². The predicted molar refractivity (Wildman–Crippen MR) is 93.6 cm³/mol. The van der Waals surface area contributed by atoms with E-state index < -0.39 is 23.5 Å². The van der Waals surface area contributed by atoms with Crippen LogP contribution >= 0.6 is 0 Å². The first-order valence-electron chi connectivity index (χ1n) is 8.17. The molecule has 2 aromatic carbocycles. The van der Waals surface area contributed by atoms with E-state index in [1.807, 2.05) is 6.92 Å². The number of carbonyl (C=O) groups excluding carboxylic acids is 3. The lowest BCUT2D eigenvalue weighted by Gasteiger charge is -2.16. The van der Waals surface area contributed by atoms with Crippen LogP contribution in [0.5, 0.6) is 0 Å². The zero-order chi connectivity index (χ0) is 18.7. The summed E-state index contributed by atoms with van der Waals surface area (Å²) in [5.74, 6) is -2.08. The Kier molecular flexibility index (Phi) is 4.97. The van der Waals surface area contributed by atoms with Crippen LogP contribution in [0.25, 0.3) is 0 Å². The van der Waals surface area contributed by atoms with E-state index in [2.05, 4.69) is 10.9 Å². The summed E-state index contributed by atoms with van der Waals surface area (Å²) in [4.78, 5) is 37.8. The summed E-state index contributed by atoms with van der Waals surface area (Å²) < 4.78 is 13.0. The molecule has 1 saturated heterocycles. The van der Waals surface area contributed by atoms with E-state index in [1.165, 1.54) is 29.2 Å². The second-order valence-electron chi connectivity index (χ2n) is 6.19. The first-order chi connectivity index (χ1) is 12.4. The van der Waals surface area contributed by atoms with Crippen molar-refractivity contribution in [2.45, 2.75) is 13.3 Å². The van der Waals surface area contributed by atoms with E-state index >= 15 is 0 Å². The molecule has 0 aromatic heterocycles. The van der Waals surface area contributed by atoms with E-state index in [-0.39, 0.29) is 18.9 Å². The molecule has 1 fully saturated rings. The molecule has 1 aliphatic rings. The van der Waals surface area contributed by atoms with Gasteiger partial charge in [0.05, 0.1) is 5.92 Å². The summed E-state index contributed by atoms with van der Waals surface area (Å²) in [5.41, 5.74) is 6.70. The summed E-state index contributed by atoms with van der Waals surface area (Å²) in [7, 11) is 0. The van der Waals surface area contributed by atoms with E-state index in [1.54, 1.807) is 24.3 Å². The lowest BCUT2D eigenvalue weighted by molar-refractivity contribution is -0.126. The summed E-state index contributed by atoms with van der Waals surface area (Å²) in [6, 6.07) is 12.4. The number of amides is 3. The van der Waals surface area contributed by atoms with Gasteiger partial charge in [0.15, 0.2) is 0 Å². The molecule has 3 rings (SSSR count). The van der Waals surface area contributed by atoms with Gasteiger partial charge in [-0.2, -0.15) is 0 Å². The number of nitrogens with zero attached hydrogens (tertiary/aromatic N) is 1. The summed E-state index contributed by atoms with van der Waals surface area (Å²) in [6.45, 7) is 2.09. The molecular formula is C19H18FN3O3. The van der Waals surface area contributed by atoms with Crippen LogP contribution in [0.3, 0.4) is 0 Å². The maximum Gasteiger partial charge on any atom is 0.269 e. The second-order valence-corrected chi connectivity index (χ2v) is 6.19. The van der Waals surface area contributed by atoms with Gasteiger partial charge in [-0.1, -0.05) is 17.7 Å². The van der Waals surface area contributed by atoms with Crippen molar-refractivity contribution in [1.82, 2.24) is 10.9 Å². The van der Waals surface area contributed by atoms with Gasteiger partial charge in [0, 0.05) is 24.2 Å². The summed E-state index contributed by atoms with van der Waals surface area (Å²) in [6.07, 6.45) is 0.0314. The molecule has 0 bridgehead atoms. The van der Waals surface area contributed by atoms with Crippen molar-refractivity contribution in [3.05, 3.63) is 65.5 Å². The molecule has 0 spiro atoms. The van der Waals surface area contributed by atoms with Crippen LogP contribution in [-0.4, -0.2) is 24.3 Å². The number of benzene rings is 2. The fourth-order valence-electron chi connectivity index (χ4n) is 2.75. The maximum atomic E-state index is 13.0. The normalized spacial score (nSPS) is 16.5. The minimum atomic E-state index is -0.592. The number of carbonyl (C=O) groups is 3. The topological polar surface area (TPSA) is 78.5 Å². The Labute approximate surface area is 150 Å². The Hall–Kier alpha value is -3.22. The first-order valence-corrected chi connectivity index (χ1v) is 8.17. The SMILES string of the molecule is Cc1ccc(C(=O)NNC(=O)[C@H]2CC(=O)N(c3ccc(F)cc3)C2)cc1. The monoisotopic (exact) mass is 355 g/mol. The van der Waals surface area contributed by atoms with Gasteiger partial charge in [-0.3, -0.25) is 25.2 Å². The smallest absolute Gasteiger partial charge is 0.269 e. The van der Waals surface area contributed by atoms with Gasteiger partial charge in [-0.15, -0.1) is 0 Å². The third-order valence-corrected chi connectivity index (χ3v) is 4.25. The fourth-order valence-corrected chi connectivity index (χ4v) is 2.75. The lowest BCUT2D eigenvalue weighted by Crippen LogP contribution is -2.45. The number of hydrogen-bond acceptors (Lipinski definition) is 3. The van der Waals surface area contributed by atoms with Crippen molar-refractivity contribution in [2.75, 3.05) is 11.4 Å². The first kappa shape index (κ1) is 17.6. The molecule has 26 heavy (non-hydrogen) atoms. The Morgan fingerprint density at radius 2 is 1.69 bits per heavy atom. The fraction of sp³-hybridized carbons (Fsp3) is 0.211. The molecule has 0 unspecified atom stereocenters. The lowest BCUT2D eigenvalue weighted by atomic mass is 10.1. The minimum absolute atomic E-state index is 0.0314. The molecule has 1 aliphatic heterocycles. The molecule has 3 amide bonds. The molecule has 134 valence electrons. The number of rotatable bonds is 3. The highest BCUT2D eigenvalue weighted by Crippen LogP contribution is 2.25. The van der Waals surface area contributed by atoms with Crippen LogP contribution in [0, 0.1) is 18.7 Å². The molecule has 2 aromatic rings. The van der Waals surface area contributed by atoms with Crippen LogP contribution < -0.4 is 15.8 Å². The molecule has 0 aliphatic carbocycles. The maximum absolute atomic E-state index is 13.0. The molecule has 6 nitrogen and oxygen atoms in total. The van der Waals surface area contributed by atoms with Crippen molar-refractivity contribution in [2.24, 2.45) is 5.92 Å². The standard InChI is InChI=1S/C19H18FN3O3/c1-12-2-4-13(5-3-12)18(25)21-22-19(26)14-10-17(24)23(11-14)16-8-6-15(20)7-9-16/h2-9,14H,10-11H2,1H3,(H,21,25)(H,22,26)/t14-/m0/s1. The van der Waals surface area contributed by atoms with Crippen LogP contribution in [0.1, 0.15) is 22.3 Å². The van der Waals surface area contributed by atoms with E-state index in [9.17, 15) is 18.8 Å². The molecule has 1 atom stereocenters. The number of anilines is 1. The van der Waals surface area contributed by atoms with Crippen LogP contribution in [0.4, 0.5) is 10.1 Å². The number of hydrogen-bond donors (Lipinski definition) is 2. The number of hydrazine groups is 1. The number of halogens is 1. The molecule has 7 heteroatoms. The molecule has 0 radical (unpaired) electrons. The van der Waals surface area contributed by atoms with Gasteiger partial charge in [-0.25, -0.2) is 4.39 Å². The van der Waals surface area contributed by atoms with E-state index in [0.29, 0.717) is 11.3 Å². The van der Waals surface area contributed by atoms with Crippen molar-refractivity contribution >= 4 is 23.4 Å². The number of aryl methyl sites for hydroxylation is 1. The number of nitrogens with one attached hydrogen (secondary N) is 2. The Morgan fingerprint density at radius 3 is 2.35 bits per heavy atom. The second kappa shape index (κ2) is 7.35. The molecule has 0 saturated carbocycles.